The Bertz CT molecular complexity index is 749. The molecule has 1 aliphatic rings. The normalized spacial score (nSPS) is 18.5. The second kappa shape index (κ2) is 11.0. The highest BCUT2D eigenvalue weighted by molar-refractivity contribution is 6.30. The smallest absolute Gasteiger partial charge is 0.159 e. The minimum atomic E-state index is -0.885. The van der Waals surface area contributed by atoms with E-state index < -0.39 is 17.7 Å². The SMILES string of the molecule is Cl.OC(COCc1ccc(Cl)cc1)CN1CCOC(c2ccc(F)c(F)c2)C1. The molecule has 2 aromatic rings. The van der Waals surface area contributed by atoms with Gasteiger partial charge in [0.2, 0.25) is 0 Å². The fourth-order valence-electron chi connectivity index (χ4n) is 3.03. The quantitative estimate of drug-likeness (QED) is 0.716. The summed E-state index contributed by atoms with van der Waals surface area (Å²) in [6.45, 7) is 2.64. The van der Waals surface area contributed by atoms with Crippen molar-refractivity contribution in [2.75, 3.05) is 32.8 Å². The van der Waals surface area contributed by atoms with Crippen molar-refractivity contribution < 1.29 is 23.4 Å². The van der Waals surface area contributed by atoms with Gasteiger partial charge < -0.3 is 14.6 Å². The van der Waals surface area contributed by atoms with E-state index in [-0.39, 0.29) is 25.1 Å². The van der Waals surface area contributed by atoms with E-state index in [2.05, 4.69) is 0 Å². The van der Waals surface area contributed by atoms with Crippen LogP contribution in [0.2, 0.25) is 5.02 Å². The predicted octanol–water partition coefficient (Wildman–Crippen LogP) is 3.99. The molecule has 3 rings (SSSR count). The summed E-state index contributed by atoms with van der Waals surface area (Å²) in [6, 6.07) is 11.1. The first-order chi connectivity index (χ1) is 13.0. The maximum Gasteiger partial charge on any atom is 0.159 e. The molecule has 0 aliphatic carbocycles. The van der Waals surface area contributed by atoms with Crippen molar-refractivity contribution in [1.82, 2.24) is 4.90 Å². The monoisotopic (exact) mass is 433 g/mol. The average molecular weight is 434 g/mol. The first kappa shape index (κ1) is 23.0. The Morgan fingerprint density at radius 2 is 1.93 bits per heavy atom. The zero-order valence-electron chi connectivity index (χ0n) is 15.2. The van der Waals surface area contributed by atoms with Gasteiger partial charge in [0, 0.05) is 24.7 Å². The lowest BCUT2D eigenvalue weighted by atomic mass is 10.1. The molecule has 2 aromatic carbocycles. The molecule has 0 aromatic heterocycles. The average Bonchev–Trinajstić information content (AvgIpc) is 2.66. The highest BCUT2D eigenvalue weighted by Crippen LogP contribution is 2.24. The number of halogens is 4. The van der Waals surface area contributed by atoms with Gasteiger partial charge in [-0.1, -0.05) is 29.8 Å². The largest absolute Gasteiger partial charge is 0.389 e. The lowest BCUT2D eigenvalue weighted by Crippen LogP contribution is -2.43. The van der Waals surface area contributed by atoms with Crippen LogP contribution in [0.3, 0.4) is 0 Å². The lowest BCUT2D eigenvalue weighted by molar-refractivity contribution is -0.0537. The number of hydrogen-bond donors (Lipinski definition) is 1. The van der Waals surface area contributed by atoms with E-state index in [1.54, 1.807) is 12.1 Å². The van der Waals surface area contributed by atoms with E-state index in [9.17, 15) is 13.9 Å². The zero-order valence-corrected chi connectivity index (χ0v) is 16.8. The number of benzene rings is 2. The van der Waals surface area contributed by atoms with Crippen LogP contribution < -0.4 is 0 Å². The predicted molar refractivity (Wildman–Crippen MR) is 106 cm³/mol. The molecule has 1 N–H and O–H groups in total. The van der Waals surface area contributed by atoms with Gasteiger partial charge in [-0.2, -0.15) is 0 Å². The van der Waals surface area contributed by atoms with Gasteiger partial charge in [-0.3, -0.25) is 4.90 Å². The van der Waals surface area contributed by atoms with Crippen molar-refractivity contribution in [3.8, 4) is 0 Å². The summed E-state index contributed by atoms with van der Waals surface area (Å²) < 4.78 is 37.8. The summed E-state index contributed by atoms with van der Waals surface area (Å²) >= 11 is 5.84. The number of nitrogens with zero attached hydrogens (tertiary/aromatic N) is 1. The molecule has 0 spiro atoms. The number of aliphatic hydroxyl groups is 1. The molecule has 0 saturated carbocycles. The molecule has 8 heteroatoms. The van der Waals surface area contributed by atoms with Crippen molar-refractivity contribution in [3.05, 3.63) is 70.2 Å². The first-order valence-corrected chi connectivity index (χ1v) is 9.18. The summed E-state index contributed by atoms with van der Waals surface area (Å²) in [7, 11) is 0. The Hall–Kier alpha value is -1.28. The molecular formula is C20H23Cl2F2NO3. The second-order valence-corrected chi connectivity index (χ2v) is 7.02. The highest BCUT2D eigenvalue weighted by Gasteiger charge is 2.24. The molecule has 154 valence electrons. The van der Waals surface area contributed by atoms with Crippen molar-refractivity contribution in [2.24, 2.45) is 0 Å². The minimum absolute atomic E-state index is 0. The number of rotatable bonds is 7. The van der Waals surface area contributed by atoms with Crippen molar-refractivity contribution in [2.45, 2.75) is 18.8 Å². The van der Waals surface area contributed by atoms with Crippen LogP contribution >= 0.6 is 24.0 Å². The number of aliphatic hydroxyl groups excluding tert-OH is 1. The van der Waals surface area contributed by atoms with E-state index in [0.717, 1.165) is 17.7 Å². The lowest BCUT2D eigenvalue weighted by Gasteiger charge is -2.34. The van der Waals surface area contributed by atoms with Gasteiger partial charge in [-0.05, 0) is 35.4 Å². The molecule has 1 saturated heterocycles. The maximum absolute atomic E-state index is 13.4. The van der Waals surface area contributed by atoms with E-state index in [0.29, 0.717) is 43.4 Å². The standard InChI is InChI=1S/C20H22ClF2NO3.ClH/c21-16-4-1-14(2-5-16)12-26-13-17(25)10-24-7-8-27-20(11-24)15-3-6-18(22)19(23)9-15;/h1-6,9,17,20,25H,7-8,10-13H2;1H. The maximum atomic E-state index is 13.4. The van der Waals surface area contributed by atoms with Crippen LogP contribution in [0.5, 0.6) is 0 Å². The van der Waals surface area contributed by atoms with Gasteiger partial charge in [0.1, 0.15) is 0 Å². The van der Waals surface area contributed by atoms with Crippen LogP contribution in [-0.4, -0.2) is 49.0 Å². The number of β-amino-alcohol motifs (C(OH)–C–C–N with tert-alkyl or cyclic N) is 1. The molecule has 1 heterocycles. The van der Waals surface area contributed by atoms with Gasteiger partial charge >= 0.3 is 0 Å². The third-order valence-electron chi connectivity index (χ3n) is 4.43. The van der Waals surface area contributed by atoms with Crippen LogP contribution in [0.4, 0.5) is 8.78 Å². The summed E-state index contributed by atoms with van der Waals surface area (Å²) in [4.78, 5) is 2.03. The summed E-state index contributed by atoms with van der Waals surface area (Å²) in [5.74, 6) is -1.76. The Labute approximate surface area is 174 Å². The molecule has 2 unspecified atom stereocenters. The van der Waals surface area contributed by atoms with Crippen LogP contribution in [0, 0.1) is 11.6 Å². The van der Waals surface area contributed by atoms with Crippen LogP contribution in [0.15, 0.2) is 42.5 Å². The number of hydrogen-bond acceptors (Lipinski definition) is 4. The fraction of sp³-hybridized carbons (Fsp3) is 0.400. The van der Waals surface area contributed by atoms with Crippen LogP contribution in [-0.2, 0) is 16.1 Å². The van der Waals surface area contributed by atoms with E-state index in [1.807, 2.05) is 17.0 Å². The Balaban J connectivity index is 0.00000280. The number of morpholine rings is 1. The molecule has 0 amide bonds. The summed E-state index contributed by atoms with van der Waals surface area (Å²) in [6.07, 6.45) is -1.00. The Morgan fingerprint density at radius 1 is 1.18 bits per heavy atom. The Kier molecular flexibility index (Phi) is 9.08. The molecule has 28 heavy (non-hydrogen) atoms. The summed E-state index contributed by atoms with van der Waals surface area (Å²) in [5.41, 5.74) is 1.57. The van der Waals surface area contributed by atoms with Gasteiger partial charge in [-0.15, -0.1) is 12.4 Å². The highest BCUT2D eigenvalue weighted by atomic mass is 35.5. The zero-order chi connectivity index (χ0) is 19.2. The first-order valence-electron chi connectivity index (χ1n) is 8.80. The van der Waals surface area contributed by atoms with Crippen molar-refractivity contribution in [1.29, 1.82) is 0 Å². The number of ether oxygens (including phenoxy) is 2. The van der Waals surface area contributed by atoms with E-state index >= 15 is 0 Å². The van der Waals surface area contributed by atoms with Crippen LogP contribution in [0.1, 0.15) is 17.2 Å². The summed E-state index contributed by atoms with van der Waals surface area (Å²) in [5, 5.41) is 10.9. The van der Waals surface area contributed by atoms with Crippen LogP contribution in [0.25, 0.3) is 0 Å². The van der Waals surface area contributed by atoms with E-state index in [1.165, 1.54) is 6.07 Å². The van der Waals surface area contributed by atoms with E-state index in [4.69, 9.17) is 21.1 Å². The molecule has 0 bridgehead atoms. The third-order valence-corrected chi connectivity index (χ3v) is 4.68. The van der Waals surface area contributed by atoms with Gasteiger partial charge in [0.05, 0.1) is 32.0 Å². The van der Waals surface area contributed by atoms with Gasteiger partial charge in [0.15, 0.2) is 11.6 Å². The molecule has 4 nitrogen and oxygen atoms in total. The molecule has 0 radical (unpaired) electrons. The molecule has 1 fully saturated rings. The molecular weight excluding hydrogens is 411 g/mol. The van der Waals surface area contributed by atoms with Gasteiger partial charge in [0.25, 0.3) is 0 Å². The minimum Gasteiger partial charge on any atom is -0.389 e. The van der Waals surface area contributed by atoms with Crippen molar-refractivity contribution in [3.63, 3.8) is 0 Å². The topological polar surface area (TPSA) is 41.9 Å². The second-order valence-electron chi connectivity index (χ2n) is 6.59. The Morgan fingerprint density at radius 3 is 2.64 bits per heavy atom. The fourth-order valence-corrected chi connectivity index (χ4v) is 3.15. The van der Waals surface area contributed by atoms with Crippen molar-refractivity contribution >= 4 is 24.0 Å². The molecule has 2 atom stereocenters. The third kappa shape index (κ3) is 6.65. The molecule has 1 aliphatic heterocycles. The van der Waals surface area contributed by atoms with Gasteiger partial charge in [-0.25, -0.2) is 8.78 Å².